The third-order valence-corrected chi connectivity index (χ3v) is 6.48. The van der Waals surface area contributed by atoms with E-state index in [-0.39, 0.29) is 37.3 Å². The van der Waals surface area contributed by atoms with Crippen molar-refractivity contribution in [3.05, 3.63) is 142 Å². The largest absolute Gasteiger partial charge is 0.478 e. The molecule has 4 aromatic carbocycles. The first kappa shape index (κ1) is 33.2. The number of carboxylic acid groups (broad SMARTS) is 1. The summed E-state index contributed by atoms with van der Waals surface area (Å²) in [6.07, 6.45) is 0. The van der Waals surface area contributed by atoms with Crippen molar-refractivity contribution < 1.29 is 38.9 Å². The van der Waals surface area contributed by atoms with Gasteiger partial charge >= 0.3 is 17.9 Å². The number of carboxylic acids is 1. The molecule has 4 aromatic rings. The molecule has 9 heteroatoms. The van der Waals surface area contributed by atoms with Crippen LogP contribution in [0, 0.1) is 13.8 Å². The molecule has 0 aliphatic carbocycles. The molecule has 9 nitrogen and oxygen atoms in total. The lowest BCUT2D eigenvalue weighted by Gasteiger charge is -2.12. The van der Waals surface area contributed by atoms with Gasteiger partial charge in [-0.15, -0.1) is 0 Å². The van der Waals surface area contributed by atoms with Crippen molar-refractivity contribution in [2.75, 3.05) is 6.61 Å². The summed E-state index contributed by atoms with van der Waals surface area (Å²) in [5, 5.41) is 20.5. The maximum absolute atomic E-state index is 12.2. The van der Waals surface area contributed by atoms with Gasteiger partial charge < -0.3 is 25.0 Å². The average Bonchev–Trinajstić information content (AvgIpc) is 3.03. The normalized spacial score (nSPS) is 10.9. The number of esters is 2. The molecule has 1 unspecified atom stereocenters. The minimum Gasteiger partial charge on any atom is -0.478 e. The highest BCUT2D eigenvalue weighted by atomic mass is 16.5. The summed E-state index contributed by atoms with van der Waals surface area (Å²) >= 11 is 0. The van der Waals surface area contributed by atoms with Gasteiger partial charge in [0.25, 0.3) is 5.91 Å². The van der Waals surface area contributed by atoms with Gasteiger partial charge in [0.2, 0.25) is 0 Å². The van der Waals surface area contributed by atoms with Gasteiger partial charge in [-0.1, -0.05) is 60.7 Å². The van der Waals surface area contributed by atoms with Gasteiger partial charge in [-0.2, -0.15) is 0 Å². The fourth-order valence-electron chi connectivity index (χ4n) is 4.01. The molecule has 4 rings (SSSR count). The Hall–Kier alpha value is -5.28. The highest BCUT2D eigenvalue weighted by Crippen LogP contribution is 2.15. The van der Waals surface area contributed by atoms with Crippen LogP contribution in [-0.4, -0.2) is 46.7 Å². The van der Waals surface area contributed by atoms with Crippen molar-refractivity contribution in [3.63, 3.8) is 0 Å². The minimum absolute atomic E-state index is 0.130. The van der Waals surface area contributed by atoms with Gasteiger partial charge in [-0.05, 0) is 79.4 Å². The maximum Gasteiger partial charge on any atom is 0.338 e. The number of aliphatic hydroxyl groups excluding tert-OH is 1. The number of aliphatic hydroxyl groups is 1. The zero-order chi connectivity index (χ0) is 32.1. The van der Waals surface area contributed by atoms with Crippen LogP contribution in [0.25, 0.3) is 0 Å². The Morgan fingerprint density at radius 2 is 1.11 bits per heavy atom. The average molecular weight is 598 g/mol. The molecule has 0 bridgehead atoms. The summed E-state index contributed by atoms with van der Waals surface area (Å²) in [7, 11) is 0. The third kappa shape index (κ3) is 9.92. The molecule has 1 atom stereocenters. The molecular formula is C35H35NO8. The summed E-state index contributed by atoms with van der Waals surface area (Å²) in [5.74, 6) is -2.18. The molecule has 0 saturated heterocycles. The number of carbonyl (C=O) groups excluding carboxylic acids is 3. The second kappa shape index (κ2) is 16.4. The highest BCUT2D eigenvalue weighted by Gasteiger charge is 2.15. The summed E-state index contributed by atoms with van der Waals surface area (Å²) in [4.78, 5) is 47.0. The van der Waals surface area contributed by atoms with Gasteiger partial charge in [-0.3, -0.25) is 4.79 Å². The smallest absolute Gasteiger partial charge is 0.338 e. The number of rotatable bonds is 10. The van der Waals surface area contributed by atoms with Crippen LogP contribution < -0.4 is 5.32 Å². The van der Waals surface area contributed by atoms with Gasteiger partial charge in [0, 0.05) is 11.6 Å². The van der Waals surface area contributed by atoms with Crippen LogP contribution in [0.2, 0.25) is 0 Å². The second-order valence-corrected chi connectivity index (χ2v) is 10.0. The van der Waals surface area contributed by atoms with Crippen LogP contribution in [0.4, 0.5) is 0 Å². The predicted molar refractivity (Wildman–Crippen MR) is 164 cm³/mol. The molecule has 0 aliphatic rings. The molecule has 0 heterocycles. The first-order valence-electron chi connectivity index (χ1n) is 13.9. The van der Waals surface area contributed by atoms with E-state index < -0.39 is 17.9 Å². The molecule has 3 N–H and O–H groups in total. The second-order valence-electron chi connectivity index (χ2n) is 10.0. The number of aryl methyl sites for hydroxylation is 2. The van der Waals surface area contributed by atoms with E-state index in [1.54, 1.807) is 39.0 Å². The Labute approximate surface area is 256 Å². The molecular weight excluding hydrogens is 562 g/mol. The summed E-state index contributed by atoms with van der Waals surface area (Å²) in [6, 6.07) is 27.6. The molecule has 0 radical (unpaired) electrons. The number of benzene rings is 4. The topological polar surface area (TPSA) is 139 Å². The first-order chi connectivity index (χ1) is 21.1. The number of aromatic carboxylic acids is 1. The number of hydrogen-bond acceptors (Lipinski definition) is 7. The van der Waals surface area contributed by atoms with Crippen molar-refractivity contribution in [2.45, 2.75) is 40.0 Å². The lowest BCUT2D eigenvalue weighted by Crippen LogP contribution is -2.35. The van der Waals surface area contributed by atoms with Crippen molar-refractivity contribution in [1.82, 2.24) is 5.32 Å². The van der Waals surface area contributed by atoms with Gasteiger partial charge in [0.1, 0.15) is 13.2 Å². The van der Waals surface area contributed by atoms with Crippen LogP contribution >= 0.6 is 0 Å². The minimum atomic E-state index is -1.02. The Morgan fingerprint density at radius 1 is 0.682 bits per heavy atom. The SMILES string of the molecule is Cc1cc(C(=O)NC(C)CO)ccc1C(=O)OCc1ccccc1.Cc1cc(C(=O)O)ccc1C(=O)OCc1ccccc1. The van der Waals surface area contributed by atoms with Crippen LogP contribution in [-0.2, 0) is 22.7 Å². The third-order valence-electron chi connectivity index (χ3n) is 6.48. The lowest BCUT2D eigenvalue weighted by atomic mass is 10.0. The van der Waals surface area contributed by atoms with E-state index in [1.807, 2.05) is 60.7 Å². The van der Waals surface area contributed by atoms with Crippen LogP contribution in [0.5, 0.6) is 0 Å². The van der Waals surface area contributed by atoms with E-state index in [0.29, 0.717) is 27.8 Å². The molecule has 0 aliphatic heterocycles. The van der Waals surface area contributed by atoms with E-state index in [0.717, 1.165) is 11.1 Å². The van der Waals surface area contributed by atoms with E-state index >= 15 is 0 Å². The van der Waals surface area contributed by atoms with Crippen molar-refractivity contribution in [1.29, 1.82) is 0 Å². The van der Waals surface area contributed by atoms with Gasteiger partial charge in [0.15, 0.2) is 0 Å². The monoisotopic (exact) mass is 597 g/mol. The molecule has 228 valence electrons. The Bertz CT molecular complexity index is 1590. The Kier molecular flexibility index (Phi) is 12.4. The van der Waals surface area contributed by atoms with Crippen LogP contribution in [0.1, 0.15) is 70.6 Å². The van der Waals surface area contributed by atoms with Gasteiger partial charge in [0.05, 0.1) is 23.3 Å². The zero-order valence-corrected chi connectivity index (χ0v) is 24.8. The van der Waals surface area contributed by atoms with Crippen molar-refractivity contribution in [3.8, 4) is 0 Å². The maximum atomic E-state index is 12.2. The molecule has 0 spiro atoms. The number of nitrogens with one attached hydrogen (secondary N) is 1. The number of carbonyl (C=O) groups is 4. The van der Waals surface area contributed by atoms with Crippen molar-refractivity contribution in [2.24, 2.45) is 0 Å². The molecule has 0 aromatic heterocycles. The first-order valence-corrected chi connectivity index (χ1v) is 13.9. The summed E-state index contributed by atoms with van der Waals surface area (Å²) in [6.45, 7) is 5.42. The van der Waals surface area contributed by atoms with Crippen LogP contribution in [0.3, 0.4) is 0 Å². The molecule has 0 saturated carbocycles. The molecule has 0 fully saturated rings. The zero-order valence-electron chi connectivity index (χ0n) is 24.8. The van der Waals surface area contributed by atoms with Crippen LogP contribution in [0.15, 0.2) is 97.1 Å². The number of hydrogen-bond donors (Lipinski definition) is 3. The lowest BCUT2D eigenvalue weighted by molar-refractivity contribution is 0.0463. The van der Waals surface area contributed by atoms with E-state index in [2.05, 4.69) is 5.32 Å². The molecule has 44 heavy (non-hydrogen) atoms. The van der Waals surface area contributed by atoms with E-state index in [9.17, 15) is 19.2 Å². The standard InChI is InChI=1S/C19H21NO4.C16H14O4/c1-13-10-16(18(22)20-14(2)11-21)8-9-17(13)19(23)24-12-15-6-4-3-5-7-15;1-11-9-13(15(17)18)7-8-14(11)16(19)20-10-12-5-3-2-4-6-12/h3-10,14,21H,11-12H2,1-2H3,(H,20,22);2-9H,10H2,1H3,(H,17,18). The Balaban J connectivity index is 0.000000244. The van der Waals surface area contributed by atoms with Crippen molar-refractivity contribution >= 4 is 23.8 Å². The van der Waals surface area contributed by atoms with E-state index in [1.165, 1.54) is 18.2 Å². The fourth-order valence-corrected chi connectivity index (χ4v) is 4.01. The quantitative estimate of drug-likeness (QED) is 0.203. The Morgan fingerprint density at radius 3 is 1.52 bits per heavy atom. The van der Waals surface area contributed by atoms with E-state index in [4.69, 9.17) is 19.7 Å². The number of amides is 1. The summed E-state index contributed by atoms with van der Waals surface area (Å²) in [5.41, 5.74) is 4.47. The van der Waals surface area contributed by atoms with Gasteiger partial charge in [-0.25, -0.2) is 14.4 Å². The number of ether oxygens (including phenoxy) is 2. The predicted octanol–water partition coefficient (Wildman–Crippen LogP) is 5.51. The molecule has 1 amide bonds. The highest BCUT2D eigenvalue weighted by molar-refractivity contribution is 5.97. The summed E-state index contributed by atoms with van der Waals surface area (Å²) < 4.78 is 10.5. The fraction of sp³-hybridized carbons (Fsp3) is 0.200.